The summed E-state index contributed by atoms with van der Waals surface area (Å²) in [4.78, 5) is 33.7. The van der Waals surface area contributed by atoms with Crippen LogP contribution in [0.3, 0.4) is 0 Å². The topological polar surface area (TPSA) is 123 Å². The molecule has 2 aromatic carbocycles. The second kappa shape index (κ2) is 10.8. The van der Waals surface area contributed by atoms with Crippen molar-refractivity contribution in [1.29, 1.82) is 0 Å². The number of hydrogen-bond donors (Lipinski definition) is 3. The van der Waals surface area contributed by atoms with Gasteiger partial charge in [-0.05, 0) is 35.4 Å². The molecule has 2 aliphatic rings. The Balaban J connectivity index is 0.000000182. The smallest absolute Gasteiger partial charge is 0.408 e. The number of aliphatic hydroxyl groups is 1. The van der Waals surface area contributed by atoms with Crippen LogP contribution in [0.4, 0.5) is 9.59 Å². The zero-order chi connectivity index (χ0) is 23.3. The molecule has 2 aliphatic heterocycles. The second-order valence-electron chi connectivity index (χ2n) is 6.83. The van der Waals surface area contributed by atoms with E-state index in [-0.39, 0.29) is 12.6 Å². The summed E-state index contributed by atoms with van der Waals surface area (Å²) < 4.78 is 16.6. The second-order valence-corrected chi connectivity index (χ2v) is 8.66. The number of ether oxygens (including phenoxy) is 3. The highest BCUT2D eigenvalue weighted by Crippen LogP contribution is 2.28. The van der Waals surface area contributed by atoms with Gasteiger partial charge in [0.25, 0.3) is 0 Å². The standard InChI is InChI=1S/C11H10BrNO4.C10H10BrNO3/c1-16-10(14)8-9(17-11(15)13-8)6-2-4-7(12)5-3-6;11-7-3-1-6(2-4-7)9-8(5-13)12-10(14)15-9/h2-5,8-9H,1H3,(H,13,15);1-4,8-9,13H,5H2,(H,12,14)/t8-,9+;8-,9-/m01/s1. The Labute approximate surface area is 200 Å². The molecule has 2 heterocycles. The van der Waals surface area contributed by atoms with E-state index >= 15 is 0 Å². The van der Waals surface area contributed by atoms with Crippen molar-refractivity contribution in [3.05, 3.63) is 68.6 Å². The number of alkyl carbamates (subject to hydrolysis) is 2. The van der Waals surface area contributed by atoms with E-state index in [1.54, 1.807) is 12.1 Å². The third-order valence-electron chi connectivity index (χ3n) is 4.76. The van der Waals surface area contributed by atoms with Gasteiger partial charge in [0.05, 0.1) is 19.8 Å². The molecular formula is C21H20Br2N2O7. The molecular weight excluding hydrogens is 552 g/mol. The molecule has 2 amide bonds. The molecule has 0 bridgehead atoms. The number of hydrogen-bond acceptors (Lipinski definition) is 7. The highest BCUT2D eigenvalue weighted by molar-refractivity contribution is 9.10. The van der Waals surface area contributed by atoms with E-state index in [2.05, 4.69) is 47.2 Å². The Morgan fingerprint density at radius 2 is 1.38 bits per heavy atom. The molecule has 0 saturated carbocycles. The molecule has 170 valence electrons. The average Bonchev–Trinajstić information content (AvgIpc) is 3.37. The van der Waals surface area contributed by atoms with Gasteiger partial charge in [-0.2, -0.15) is 0 Å². The molecule has 0 aliphatic carbocycles. The first kappa shape index (κ1) is 24.0. The lowest BCUT2D eigenvalue weighted by Gasteiger charge is -2.14. The quantitative estimate of drug-likeness (QED) is 0.380. The molecule has 0 radical (unpaired) electrons. The molecule has 4 rings (SSSR count). The maximum atomic E-state index is 11.5. The van der Waals surface area contributed by atoms with E-state index in [1.165, 1.54) is 7.11 Å². The summed E-state index contributed by atoms with van der Waals surface area (Å²) in [6.45, 7) is -0.132. The van der Waals surface area contributed by atoms with Crippen LogP contribution >= 0.6 is 31.9 Å². The third kappa shape index (κ3) is 5.78. The van der Waals surface area contributed by atoms with Crippen LogP contribution in [0.2, 0.25) is 0 Å². The van der Waals surface area contributed by atoms with Gasteiger partial charge in [0.15, 0.2) is 18.2 Å². The summed E-state index contributed by atoms with van der Waals surface area (Å²) in [5.74, 6) is -0.524. The van der Waals surface area contributed by atoms with Crippen molar-refractivity contribution in [2.45, 2.75) is 24.3 Å². The number of methoxy groups -OCH3 is 1. The normalized spacial score (nSPS) is 23.8. The first-order valence-electron chi connectivity index (χ1n) is 9.46. The third-order valence-corrected chi connectivity index (χ3v) is 5.82. The molecule has 0 unspecified atom stereocenters. The Bertz CT molecular complexity index is 969. The van der Waals surface area contributed by atoms with Gasteiger partial charge in [-0.25, -0.2) is 14.4 Å². The minimum atomic E-state index is -0.798. The number of esters is 1. The summed E-state index contributed by atoms with van der Waals surface area (Å²) in [5.41, 5.74) is 1.61. The lowest BCUT2D eigenvalue weighted by atomic mass is 10.0. The molecule has 11 heteroatoms. The molecule has 9 nitrogen and oxygen atoms in total. The first-order valence-corrected chi connectivity index (χ1v) is 11.0. The fourth-order valence-electron chi connectivity index (χ4n) is 3.20. The molecule has 4 atom stereocenters. The number of cyclic esters (lactones) is 2. The van der Waals surface area contributed by atoms with Crippen LogP contribution in [-0.2, 0) is 19.0 Å². The van der Waals surface area contributed by atoms with Gasteiger partial charge in [0.2, 0.25) is 0 Å². The van der Waals surface area contributed by atoms with Gasteiger partial charge in [-0.1, -0.05) is 56.1 Å². The summed E-state index contributed by atoms with van der Waals surface area (Å²) in [6.07, 6.45) is -2.16. The van der Waals surface area contributed by atoms with Crippen LogP contribution in [0.1, 0.15) is 23.3 Å². The van der Waals surface area contributed by atoms with Crippen molar-refractivity contribution in [2.75, 3.05) is 13.7 Å². The zero-order valence-corrected chi connectivity index (χ0v) is 20.0. The minimum absolute atomic E-state index is 0.132. The summed E-state index contributed by atoms with van der Waals surface area (Å²) in [6, 6.07) is 13.5. The van der Waals surface area contributed by atoms with Gasteiger partial charge in [-0.3, -0.25) is 0 Å². The number of halogens is 2. The summed E-state index contributed by atoms with van der Waals surface area (Å²) in [5, 5.41) is 14.0. The van der Waals surface area contributed by atoms with E-state index in [1.807, 2.05) is 36.4 Å². The van der Waals surface area contributed by atoms with Gasteiger partial charge in [-0.15, -0.1) is 0 Å². The number of nitrogens with one attached hydrogen (secondary N) is 2. The predicted octanol–water partition coefficient (Wildman–Crippen LogP) is 3.36. The zero-order valence-electron chi connectivity index (χ0n) is 16.8. The highest BCUT2D eigenvalue weighted by atomic mass is 79.9. The van der Waals surface area contributed by atoms with Crippen molar-refractivity contribution in [1.82, 2.24) is 10.6 Å². The van der Waals surface area contributed by atoms with Gasteiger partial charge in [0, 0.05) is 8.95 Å². The maximum Gasteiger partial charge on any atom is 0.408 e. The Morgan fingerprint density at radius 1 is 0.906 bits per heavy atom. The number of aliphatic hydroxyl groups excluding tert-OH is 1. The van der Waals surface area contributed by atoms with Crippen molar-refractivity contribution in [3.63, 3.8) is 0 Å². The largest absolute Gasteiger partial charge is 0.467 e. The van der Waals surface area contributed by atoms with E-state index in [0.29, 0.717) is 0 Å². The Kier molecular flexibility index (Phi) is 8.10. The van der Waals surface area contributed by atoms with Crippen molar-refractivity contribution >= 4 is 50.0 Å². The Morgan fingerprint density at radius 3 is 1.88 bits per heavy atom. The molecule has 2 aromatic rings. The molecule has 0 aromatic heterocycles. The van der Waals surface area contributed by atoms with Gasteiger partial charge in [0.1, 0.15) is 0 Å². The van der Waals surface area contributed by atoms with Crippen LogP contribution in [0.5, 0.6) is 0 Å². The molecule has 3 N–H and O–H groups in total. The van der Waals surface area contributed by atoms with Crippen LogP contribution in [-0.4, -0.2) is 49.1 Å². The highest BCUT2D eigenvalue weighted by Gasteiger charge is 2.41. The van der Waals surface area contributed by atoms with Crippen LogP contribution in [0, 0.1) is 0 Å². The predicted molar refractivity (Wildman–Crippen MR) is 120 cm³/mol. The van der Waals surface area contributed by atoms with Crippen LogP contribution in [0.15, 0.2) is 57.5 Å². The lowest BCUT2D eigenvalue weighted by Crippen LogP contribution is -2.36. The molecule has 2 fully saturated rings. The van der Waals surface area contributed by atoms with Crippen LogP contribution < -0.4 is 10.6 Å². The van der Waals surface area contributed by atoms with Crippen molar-refractivity contribution in [2.24, 2.45) is 0 Å². The monoisotopic (exact) mass is 570 g/mol. The number of amides is 2. The van der Waals surface area contributed by atoms with Crippen LogP contribution in [0.25, 0.3) is 0 Å². The lowest BCUT2D eigenvalue weighted by molar-refractivity contribution is -0.144. The van der Waals surface area contributed by atoms with Gasteiger partial charge < -0.3 is 30.0 Å². The fourth-order valence-corrected chi connectivity index (χ4v) is 3.72. The summed E-state index contributed by atoms with van der Waals surface area (Å²) >= 11 is 6.63. The van der Waals surface area contributed by atoms with E-state index < -0.39 is 36.4 Å². The fraction of sp³-hybridized carbons (Fsp3) is 0.286. The number of benzene rings is 2. The maximum absolute atomic E-state index is 11.5. The van der Waals surface area contributed by atoms with Gasteiger partial charge >= 0.3 is 18.2 Å². The van der Waals surface area contributed by atoms with Crippen molar-refractivity contribution in [3.8, 4) is 0 Å². The van der Waals surface area contributed by atoms with E-state index in [0.717, 1.165) is 20.1 Å². The van der Waals surface area contributed by atoms with E-state index in [4.69, 9.17) is 14.6 Å². The number of carbonyl (C=O) groups is 3. The molecule has 32 heavy (non-hydrogen) atoms. The number of carbonyl (C=O) groups excluding carboxylic acids is 3. The first-order chi connectivity index (χ1) is 15.3. The SMILES string of the molecule is COC(=O)[C@H]1NC(=O)O[C@@H]1c1ccc(Br)cc1.O=C1N[C@H](CO)[C@@H](c2ccc(Br)cc2)O1. The molecule has 2 saturated heterocycles. The Hall–Kier alpha value is -2.63. The van der Waals surface area contributed by atoms with E-state index in [9.17, 15) is 14.4 Å². The summed E-state index contributed by atoms with van der Waals surface area (Å²) in [7, 11) is 1.27. The van der Waals surface area contributed by atoms with Crippen molar-refractivity contribution < 1.29 is 33.7 Å². The average molecular weight is 572 g/mol. The minimum Gasteiger partial charge on any atom is -0.467 e. The molecule has 0 spiro atoms. The number of rotatable bonds is 4.